The van der Waals surface area contributed by atoms with Gasteiger partial charge in [-0.3, -0.25) is 9.59 Å². The lowest BCUT2D eigenvalue weighted by Crippen LogP contribution is -2.33. The molecule has 0 aromatic heterocycles. The predicted molar refractivity (Wildman–Crippen MR) is 74.2 cm³/mol. The van der Waals surface area contributed by atoms with Crippen LogP contribution in [0.2, 0.25) is 0 Å². The van der Waals surface area contributed by atoms with Gasteiger partial charge in [0, 0.05) is 4.47 Å². The van der Waals surface area contributed by atoms with E-state index in [4.69, 9.17) is 0 Å². The topological polar surface area (TPSA) is 58.2 Å². The van der Waals surface area contributed by atoms with E-state index in [2.05, 4.69) is 26.6 Å². The molecule has 6 heteroatoms. The molecule has 0 atom stereocenters. The Hall–Kier alpha value is -1.01. The zero-order valence-electron chi connectivity index (χ0n) is 9.33. The van der Waals surface area contributed by atoms with Gasteiger partial charge in [0.2, 0.25) is 11.8 Å². The van der Waals surface area contributed by atoms with E-state index in [1.165, 1.54) is 11.8 Å². The van der Waals surface area contributed by atoms with E-state index in [9.17, 15) is 9.59 Å². The van der Waals surface area contributed by atoms with Crippen LogP contribution in [0.25, 0.3) is 0 Å². The number of para-hydroxylation sites is 1. The summed E-state index contributed by atoms with van der Waals surface area (Å²) in [6.45, 7) is -0.0132. The highest BCUT2D eigenvalue weighted by Gasteiger charge is 2.06. The Kier molecular flexibility index (Phi) is 6.07. The maximum Gasteiger partial charge on any atom is 0.243 e. The van der Waals surface area contributed by atoms with Crippen LogP contribution in [0.3, 0.4) is 0 Å². The van der Waals surface area contributed by atoms with Crippen LogP contribution in [0.1, 0.15) is 0 Å². The summed E-state index contributed by atoms with van der Waals surface area (Å²) in [5.41, 5.74) is 0.691. The maximum absolute atomic E-state index is 11.5. The summed E-state index contributed by atoms with van der Waals surface area (Å²) in [6.07, 6.45) is 1.83. The molecular weight excluding hydrogens is 304 g/mol. The highest BCUT2D eigenvalue weighted by molar-refractivity contribution is 9.10. The number of hydrogen-bond acceptors (Lipinski definition) is 3. The standard InChI is InChI=1S/C11H13BrN2O2S/c1-17-7-11(16)13-6-10(15)14-9-5-3-2-4-8(9)12/h2-5H,6-7H2,1H3,(H,13,16)(H,14,15). The van der Waals surface area contributed by atoms with Crippen molar-refractivity contribution < 1.29 is 9.59 Å². The van der Waals surface area contributed by atoms with Gasteiger partial charge in [-0.05, 0) is 34.3 Å². The van der Waals surface area contributed by atoms with Crippen LogP contribution in [0, 0.1) is 0 Å². The zero-order chi connectivity index (χ0) is 12.7. The summed E-state index contributed by atoms with van der Waals surface area (Å²) in [7, 11) is 0. The Labute approximate surface area is 113 Å². The van der Waals surface area contributed by atoms with Crippen LogP contribution in [0.4, 0.5) is 5.69 Å². The number of carbonyl (C=O) groups is 2. The lowest BCUT2D eigenvalue weighted by atomic mass is 10.3. The van der Waals surface area contributed by atoms with Crippen molar-refractivity contribution in [3.8, 4) is 0 Å². The van der Waals surface area contributed by atoms with E-state index in [0.717, 1.165) is 4.47 Å². The lowest BCUT2D eigenvalue weighted by molar-refractivity contribution is -0.122. The van der Waals surface area contributed by atoms with Crippen molar-refractivity contribution in [2.75, 3.05) is 23.9 Å². The van der Waals surface area contributed by atoms with Gasteiger partial charge in [0.1, 0.15) is 0 Å². The van der Waals surface area contributed by atoms with Crippen molar-refractivity contribution in [3.05, 3.63) is 28.7 Å². The van der Waals surface area contributed by atoms with E-state index < -0.39 is 0 Å². The van der Waals surface area contributed by atoms with E-state index >= 15 is 0 Å². The van der Waals surface area contributed by atoms with Crippen molar-refractivity contribution >= 4 is 45.2 Å². The largest absolute Gasteiger partial charge is 0.346 e. The second kappa shape index (κ2) is 7.34. The van der Waals surface area contributed by atoms with E-state index in [1.807, 2.05) is 24.5 Å². The monoisotopic (exact) mass is 316 g/mol. The molecule has 0 saturated heterocycles. The Morgan fingerprint density at radius 2 is 2.00 bits per heavy atom. The van der Waals surface area contributed by atoms with Crippen molar-refractivity contribution in [1.29, 1.82) is 0 Å². The Bertz CT molecular complexity index is 412. The summed E-state index contributed by atoms with van der Waals surface area (Å²) in [6, 6.07) is 7.31. The lowest BCUT2D eigenvalue weighted by Gasteiger charge is -2.07. The average molecular weight is 317 g/mol. The Morgan fingerprint density at radius 1 is 1.29 bits per heavy atom. The number of anilines is 1. The third-order valence-electron chi connectivity index (χ3n) is 1.87. The quantitative estimate of drug-likeness (QED) is 0.872. The normalized spacial score (nSPS) is 9.76. The third-order valence-corrected chi connectivity index (χ3v) is 3.11. The fraction of sp³-hybridized carbons (Fsp3) is 0.273. The number of thioether (sulfide) groups is 1. The molecule has 0 aliphatic rings. The molecule has 92 valence electrons. The molecule has 1 rings (SSSR count). The fourth-order valence-electron chi connectivity index (χ4n) is 1.12. The minimum atomic E-state index is -0.244. The van der Waals surface area contributed by atoms with Crippen molar-refractivity contribution in [1.82, 2.24) is 5.32 Å². The minimum Gasteiger partial charge on any atom is -0.346 e. The second-order valence-electron chi connectivity index (χ2n) is 3.24. The molecule has 0 heterocycles. The zero-order valence-corrected chi connectivity index (χ0v) is 11.7. The van der Waals surface area contributed by atoms with Crippen LogP contribution >= 0.6 is 27.7 Å². The van der Waals surface area contributed by atoms with Gasteiger partial charge in [-0.1, -0.05) is 12.1 Å². The van der Waals surface area contributed by atoms with E-state index in [0.29, 0.717) is 11.4 Å². The number of hydrogen-bond donors (Lipinski definition) is 2. The van der Waals surface area contributed by atoms with Crippen LogP contribution in [-0.2, 0) is 9.59 Å². The van der Waals surface area contributed by atoms with Gasteiger partial charge in [0.15, 0.2) is 0 Å². The molecule has 0 radical (unpaired) electrons. The fourth-order valence-corrected chi connectivity index (χ4v) is 1.87. The maximum atomic E-state index is 11.5. The molecule has 0 unspecified atom stereocenters. The number of amides is 2. The average Bonchev–Trinajstić information content (AvgIpc) is 2.30. The van der Waals surface area contributed by atoms with Crippen LogP contribution < -0.4 is 10.6 Å². The molecule has 0 spiro atoms. The number of benzene rings is 1. The van der Waals surface area contributed by atoms with E-state index in [1.54, 1.807) is 6.07 Å². The summed E-state index contributed by atoms with van der Waals surface area (Å²) >= 11 is 4.74. The molecule has 17 heavy (non-hydrogen) atoms. The molecule has 1 aromatic carbocycles. The SMILES string of the molecule is CSCC(=O)NCC(=O)Nc1ccccc1Br. The predicted octanol–water partition coefficient (Wildman–Crippen LogP) is 1.87. The highest BCUT2D eigenvalue weighted by Crippen LogP contribution is 2.20. The first-order chi connectivity index (χ1) is 8.13. The van der Waals surface area contributed by atoms with Gasteiger partial charge < -0.3 is 10.6 Å². The first kappa shape index (κ1) is 14.1. The van der Waals surface area contributed by atoms with Crippen molar-refractivity contribution in [3.63, 3.8) is 0 Å². The molecular formula is C11H13BrN2O2S. The molecule has 0 saturated carbocycles. The van der Waals surface area contributed by atoms with Gasteiger partial charge >= 0.3 is 0 Å². The highest BCUT2D eigenvalue weighted by atomic mass is 79.9. The molecule has 4 nitrogen and oxygen atoms in total. The van der Waals surface area contributed by atoms with Crippen molar-refractivity contribution in [2.24, 2.45) is 0 Å². The summed E-state index contributed by atoms with van der Waals surface area (Å²) in [5, 5.41) is 5.24. The van der Waals surface area contributed by atoms with Gasteiger partial charge in [0.25, 0.3) is 0 Å². The van der Waals surface area contributed by atoms with Crippen LogP contribution in [0.15, 0.2) is 28.7 Å². The second-order valence-corrected chi connectivity index (χ2v) is 4.96. The Morgan fingerprint density at radius 3 is 2.65 bits per heavy atom. The van der Waals surface area contributed by atoms with E-state index in [-0.39, 0.29) is 18.4 Å². The van der Waals surface area contributed by atoms with Crippen LogP contribution in [0.5, 0.6) is 0 Å². The molecule has 0 fully saturated rings. The molecule has 2 N–H and O–H groups in total. The Balaban J connectivity index is 2.40. The number of rotatable bonds is 5. The smallest absolute Gasteiger partial charge is 0.243 e. The summed E-state index contributed by atoms with van der Waals surface area (Å²) in [4.78, 5) is 22.7. The molecule has 0 aliphatic carbocycles. The van der Waals surface area contributed by atoms with Crippen LogP contribution in [-0.4, -0.2) is 30.4 Å². The molecule has 0 bridgehead atoms. The van der Waals surface area contributed by atoms with Gasteiger partial charge in [-0.15, -0.1) is 0 Å². The van der Waals surface area contributed by atoms with Gasteiger partial charge in [-0.25, -0.2) is 0 Å². The number of carbonyl (C=O) groups excluding carboxylic acids is 2. The third kappa shape index (κ3) is 5.23. The first-order valence-corrected chi connectivity index (χ1v) is 7.12. The van der Waals surface area contributed by atoms with Gasteiger partial charge in [-0.2, -0.15) is 11.8 Å². The molecule has 1 aromatic rings. The van der Waals surface area contributed by atoms with Gasteiger partial charge in [0.05, 0.1) is 18.0 Å². The summed E-state index contributed by atoms with van der Waals surface area (Å²) in [5.74, 6) is -0.0198. The number of nitrogens with one attached hydrogen (secondary N) is 2. The van der Waals surface area contributed by atoms with Crippen molar-refractivity contribution in [2.45, 2.75) is 0 Å². The number of halogens is 1. The molecule has 0 aliphatic heterocycles. The first-order valence-electron chi connectivity index (χ1n) is 4.93. The summed E-state index contributed by atoms with van der Waals surface area (Å²) < 4.78 is 0.809. The molecule has 2 amide bonds. The minimum absolute atomic E-state index is 0.0132.